The largest absolute Gasteiger partial charge is 0.490 e. The van der Waals surface area contributed by atoms with E-state index in [0.717, 1.165) is 57.2 Å². The number of carbonyl (C=O) groups is 1. The smallest absolute Gasteiger partial charge is 0.420 e. The molecule has 0 bridgehead atoms. The van der Waals surface area contributed by atoms with E-state index in [0.29, 0.717) is 24.3 Å². The van der Waals surface area contributed by atoms with Crippen LogP contribution in [-0.4, -0.2) is 37.2 Å². The normalized spacial score (nSPS) is 24.2. The van der Waals surface area contributed by atoms with Crippen LogP contribution in [0.3, 0.4) is 0 Å². The molecule has 0 N–H and O–H groups in total. The summed E-state index contributed by atoms with van der Waals surface area (Å²) in [5, 5.41) is 0.796. The van der Waals surface area contributed by atoms with Crippen LogP contribution < -0.4 is 4.74 Å². The molecule has 1 saturated heterocycles. The minimum atomic E-state index is -4.51. The molecule has 1 aliphatic heterocycles. The maximum Gasteiger partial charge on any atom is 0.420 e. The molecule has 0 aromatic heterocycles. The molecule has 1 heterocycles. The summed E-state index contributed by atoms with van der Waals surface area (Å²) in [6.07, 6.45) is 1.16. The predicted octanol–water partition coefficient (Wildman–Crippen LogP) is 6.59. The molecular weight excluding hydrogens is 443 g/mol. The van der Waals surface area contributed by atoms with E-state index in [1.165, 1.54) is 13.2 Å². The molecule has 34 heavy (non-hydrogen) atoms. The molecule has 2 aromatic rings. The highest BCUT2D eigenvalue weighted by Gasteiger charge is 2.37. The zero-order valence-corrected chi connectivity index (χ0v) is 20.0. The number of hydrogen-bond acceptors (Lipinski definition) is 4. The van der Waals surface area contributed by atoms with Gasteiger partial charge < -0.3 is 9.47 Å². The van der Waals surface area contributed by atoms with Gasteiger partial charge in [0.05, 0.1) is 13.2 Å². The maximum atomic E-state index is 14.3. The number of benzene rings is 2. The second-order valence-corrected chi connectivity index (χ2v) is 9.97. The molecule has 7 heteroatoms. The Hall–Kier alpha value is -2.28. The van der Waals surface area contributed by atoms with E-state index in [1.807, 2.05) is 6.07 Å². The van der Waals surface area contributed by atoms with Crippen LogP contribution in [-0.2, 0) is 22.3 Å². The van der Waals surface area contributed by atoms with Gasteiger partial charge in [-0.2, -0.15) is 13.2 Å². The monoisotopic (exact) mass is 477 g/mol. The van der Waals surface area contributed by atoms with Crippen LogP contribution in [0.5, 0.6) is 5.75 Å². The zero-order valence-electron chi connectivity index (χ0n) is 20.0. The number of fused-ring (bicyclic) bond motifs is 1. The quantitative estimate of drug-likeness (QED) is 0.440. The summed E-state index contributed by atoms with van der Waals surface area (Å²) in [7, 11) is 1.39. The van der Waals surface area contributed by atoms with Crippen LogP contribution >= 0.6 is 0 Å². The van der Waals surface area contributed by atoms with Crippen LogP contribution in [0.4, 0.5) is 13.2 Å². The van der Waals surface area contributed by atoms with Crippen molar-refractivity contribution in [1.29, 1.82) is 0 Å². The van der Waals surface area contributed by atoms with Crippen molar-refractivity contribution < 1.29 is 27.4 Å². The number of hydrogen-bond donors (Lipinski definition) is 0. The first-order valence-electron chi connectivity index (χ1n) is 12.3. The van der Waals surface area contributed by atoms with Gasteiger partial charge in [0, 0.05) is 19.5 Å². The van der Waals surface area contributed by atoms with Gasteiger partial charge in [0.15, 0.2) is 0 Å². The Labute approximate surface area is 199 Å². The Morgan fingerprint density at radius 2 is 1.82 bits per heavy atom. The number of halogens is 3. The van der Waals surface area contributed by atoms with Crippen LogP contribution in [0.25, 0.3) is 10.8 Å². The minimum Gasteiger partial charge on any atom is -0.490 e. The maximum absolute atomic E-state index is 14.3. The van der Waals surface area contributed by atoms with Crippen LogP contribution in [0.1, 0.15) is 63.0 Å². The van der Waals surface area contributed by atoms with Gasteiger partial charge in [0.2, 0.25) is 0 Å². The minimum absolute atomic E-state index is 0.0622. The lowest BCUT2D eigenvalue weighted by Gasteiger charge is -2.32. The van der Waals surface area contributed by atoms with Gasteiger partial charge in [-0.25, -0.2) is 0 Å². The number of likely N-dealkylation sites (tertiary alicyclic amines) is 1. The second-order valence-electron chi connectivity index (χ2n) is 9.97. The molecule has 2 fully saturated rings. The number of ether oxygens (including phenoxy) is 2. The van der Waals surface area contributed by atoms with Crippen LogP contribution in [0, 0.1) is 11.8 Å². The van der Waals surface area contributed by atoms with E-state index >= 15 is 0 Å². The number of esters is 1. The highest BCUT2D eigenvalue weighted by molar-refractivity contribution is 5.91. The average molecular weight is 478 g/mol. The SMILES string of the molecule is COC(=O)C[C@H]1CCCN(Cc2cccc3c(C(F)(F)F)c(OC4CCC(C)CC4)ccc23)C1. The highest BCUT2D eigenvalue weighted by atomic mass is 19.4. The first-order chi connectivity index (χ1) is 16.2. The van der Waals surface area contributed by atoms with Crippen molar-refractivity contribution >= 4 is 16.7 Å². The number of alkyl halides is 3. The number of nitrogens with zero attached hydrogens (tertiary/aromatic N) is 1. The third kappa shape index (κ3) is 5.85. The Morgan fingerprint density at radius 1 is 1.06 bits per heavy atom. The summed E-state index contributed by atoms with van der Waals surface area (Å²) in [5.74, 6) is 0.530. The Bertz CT molecular complexity index is 999. The fraction of sp³-hybridized carbons (Fsp3) is 0.593. The second kappa shape index (κ2) is 10.5. The number of rotatable bonds is 6. The predicted molar refractivity (Wildman–Crippen MR) is 126 cm³/mol. The third-order valence-corrected chi connectivity index (χ3v) is 7.33. The van der Waals surface area contributed by atoms with Gasteiger partial charge in [-0.05, 0) is 79.3 Å². The lowest BCUT2D eigenvalue weighted by molar-refractivity contribution is -0.142. The standard InChI is InChI=1S/C27H34F3NO3/c1-18-8-10-21(11-9-18)34-24-13-12-22-20(6-3-7-23(22)26(24)27(28,29)30)17-31-14-4-5-19(16-31)15-25(32)33-2/h3,6-7,12-13,18-19,21H,4-5,8-11,14-17H2,1-2H3/t18?,19-,21?/m1/s1. The molecule has 1 aliphatic carbocycles. The van der Waals surface area contributed by atoms with E-state index in [9.17, 15) is 18.0 Å². The van der Waals surface area contributed by atoms with E-state index in [2.05, 4.69) is 11.8 Å². The molecule has 4 nitrogen and oxygen atoms in total. The van der Waals surface area contributed by atoms with Crippen molar-refractivity contribution in [3.8, 4) is 5.75 Å². The van der Waals surface area contributed by atoms with E-state index in [4.69, 9.17) is 9.47 Å². The molecule has 0 spiro atoms. The van der Waals surface area contributed by atoms with Crippen molar-refractivity contribution in [3.05, 3.63) is 41.5 Å². The van der Waals surface area contributed by atoms with Gasteiger partial charge >= 0.3 is 12.1 Å². The summed E-state index contributed by atoms with van der Waals surface area (Å²) in [5.41, 5.74) is 0.187. The van der Waals surface area contributed by atoms with Crippen LogP contribution in [0.2, 0.25) is 0 Å². The summed E-state index contributed by atoms with van der Waals surface area (Å²) in [6.45, 7) is 4.32. The fourth-order valence-corrected chi connectivity index (χ4v) is 5.48. The Morgan fingerprint density at radius 3 is 2.53 bits per heavy atom. The summed E-state index contributed by atoms with van der Waals surface area (Å²) in [6, 6.07) is 8.43. The molecule has 186 valence electrons. The summed E-state index contributed by atoms with van der Waals surface area (Å²) in [4.78, 5) is 13.9. The van der Waals surface area contributed by atoms with Crippen molar-refractivity contribution in [2.75, 3.05) is 20.2 Å². The van der Waals surface area contributed by atoms with Gasteiger partial charge in [-0.1, -0.05) is 31.2 Å². The topological polar surface area (TPSA) is 38.8 Å². The molecule has 2 aliphatic rings. The van der Waals surface area contributed by atoms with Crippen molar-refractivity contribution in [2.24, 2.45) is 11.8 Å². The van der Waals surface area contributed by atoms with Crippen molar-refractivity contribution in [3.63, 3.8) is 0 Å². The first-order valence-corrected chi connectivity index (χ1v) is 12.3. The highest BCUT2D eigenvalue weighted by Crippen LogP contribution is 2.43. The summed E-state index contributed by atoms with van der Waals surface area (Å²) < 4.78 is 53.5. The van der Waals surface area contributed by atoms with Crippen molar-refractivity contribution in [2.45, 2.75) is 70.7 Å². The Kier molecular flexibility index (Phi) is 7.70. The number of methoxy groups -OCH3 is 1. The lowest BCUT2D eigenvalue weighted by atomic mass is 9.89. The fourth-order valence-electron chi connectivity index (χ4n) is 5.48. The molecule has 0 amide bonds. The molecular formula is C27H34F3NO3. The van der Waals surface area contributed by atoms with E-state index in [1.54, 1.807) is 18.2 Å². The van der Waals surface area contributed by atoms with Crippen molar-refractivity contribution in [1.82, 2.24) is 4.90 Å². The van der Waals surface area contributed by atoms with Gasteiger partial charge in [-0.15, -0.1) is 0 Å². The van der Waals surface area contributed by atoms with Crippen LogP contribution in [0.15, 0.2) is 30.3 Å². The first kappa shape index (κ1) is 24.8. The molecule has 1 atom stereocenters. The zero-order chi connectivity index (χ0) is 24.3. The van der Waals surface area contributed by atoms with Gasteiger partial charge in [-0.3, -0.25) is 9.69 Å². The summed E-state index contributed by atoms with van der Waals surface area (Å²) >= 11 is 0. The van der Waals surface area contributed by atoms with Gasteiger partial charge in [0.1, 0.15) is 11.3 Å². The third-order valence-electron chi connectivity index (χ3n) is 7.33. The van der Waals surface area contributed by atoms with Gasteiger partial charge in [0.25, 0.3) is 0 Å². The van der Waals surface area contributed by atoms with E-state index < -0.39 is 11.7 Å². The average Bonchev–Trinajstić information content (AvgIpc) is 2.80. The number of piperidine rings is 1. The number of carbonyl (C=O) groups excluding carboxylic acids is 1. The molecule has 2 aromatic carbocycles. The lowest BCUT2D eigenvalue weighted by Crippen LogP contribution is -2.36. The molecule has 0 unspecified atom stereocenters. The molecule has 0 radical (unpaired) electrons. The Balaban J connectivity index is 1.59. The van der Waals surface area contributed by atoms with E-state index in [-0.39, 0.29) is 29.1 Å². The molecule has 1 saturated carbocycles. The molecule has 4 rings (SSSR count).